The predicted octanol–water partition coefficient (Wildman–Crippen LogP) is 3.07. The average molecular weight is 284 g/mol. The average Bonchev–Trinajstić information content (AvgIpc) is 2.76. The number of rotatable bonds is 5. The Balaban J connectivity index is 1.98. The van der Waals surface area contributed by atoms with Gasteiger partial charge in [-0.15, -0.1) is 22.0 Å². The van der Waals surface area contributed by atoms with E-state index in [1.807, 2.05) is 25.6 Å². The summed E-state index contributed by atoms with van der Waals surface area (Å²) in [4.78, 5) is 10.8. The van der Waals surface area contributed by atoms with Gasteiger partial charge in [-0.25, -0.2) is 0 Å². The van der Waals surface area contributed by atoms with Crippen molar-refractivity contribution in [2.45, 2.75) is 51.2 Å². The Kier molecular flexibility index (Phi) is 4.50. The van der Waals surface area contributed by atoms with Crippen LogP contribution in [0.4, 0.5) is 0 Å². The van der Waals surface area contributed by atoms with Crippen molar-refractivity contribution in [1.82, 2.24) is 10.2 Å². The molecule has 1 aromatic heterocycles. The van der Waals surface area contributed by atoms with Crippen molar-refractivity contribution in [3.8, 4) is 0 Å². The molecule has 1 aliphatic rings. The molecule has 0 aliphatic carbocycles. The minimum Gasteiger partial charge on any atom is -0.481 e. The number of carboxylic acid groups (broad SMARTS) is 1. The number of hydrogen-bond acceptors (Lipinski definition) is 5. The highest BCUT2D eigenvalue weighted by Gasteiger charge is 2.27. The van der Waals surface area contributed by atoms with Gasteiger partial charge in [0.2, 0.25) is 11.8 Å². The van der Waals surface area contributed by atoms with E-state index in [4.69, 9.17) is 9.52 Å². The zero-order valence-electron chi connectivity index (χ0n) is 11.4. The van der Waals surface area contributed by atoms with E-state index in [1.54, 1.807) is 0 Å². The standard InChI is InChI=1S/C13H20N2O3S/c1-13(2,8-11(16)17)7-10-14-15-12(18-10)9-5-3-4-6-19-9/h9H,3-8H2,1-2H3,(H,16,17). The number of carboxylic acids is 1. The van der Waals surface area contributed by atoms with Crippen molar-refractivity contribution in [2.24, 2.45) is 5.41 Å². The molecule has 0 amide bonds. The van der Waals surface area contributed by atoms with Crippen LogP contribution in [0.1, 0.15) is 56.6 Å². The summed E-state index contributed by atoms with van der Waals surface area (Å²) in [5.74, 6) is 1.60. The quantitative estimate of drug-likeness (QED) is 0.895. The van der Waals surface area contributed by atoms with Crippen LogP contribution >= 0.6 is 11.8 Å². The van der Waals surface area contributed by atoms with Gasteiger partial charge in [0, 0.05) is 6.42 Å². The molecular formula is C13H20N2O3S. The molecule has 1 aromatic rings. The molecule has 2 heterocycles. The lowest BCUT2D eigenvalue weighted by atomic mass is 9.86. The molecular weight excluding hydrogens is 264 g/mol. The summed E-state index contributed by atoms with van der Waals surface area (Å²) in [6.45, 7) is 3.81. The maximum absolute atomic E-state index is 10.8. The van der Waals surface area contributed by atoms with Crippen molar-refractivity contribution in [1.29, 1.82) is 0 Å². The van der Waals surface area contributed by atoms with E-state index in [1.165, 1.54) is 12.8 Å². The van der Waals surface area contributed by atoms with Crippen LogP contribution in [0.2, 0.25) is 0 Å². The van der Waals surface area contributed by atoms with Crippen molar-refractivity contribution < 1.29 is 14.3 Å². The number of carbonyl (C=O) groups is 1. The van der Waals surface area contributed by atoms with Crippen LogP contribution in [0.15, 0.2) is 4.42 Å². The third-order valence-electron chi connectivity index (χ3n) is 3.20. The molecule has 1 aliphatic heterocycles. The number of nitrogens with zero attached hydrogens (tertiary/aromatic N) is 2. The summed E-state index contributed by atoms with van der Waals surface area (Å²) in [5, 5.41) is 17.4. The topological polar surface area (TPSA) is 76.2 Å². The maximum Gasteiger partial charge on any atom is 0.303 e. The first-order valence-corrected chi connectivity index (χ1v) is 7.67. The van der Waals surface area contributed by atoms with E-state index >= 15 is 0 Å². The van der Waals surface area contributed by atoms with Gasteiger partial charge in [0.15, 0.2) is 0 Å². The lowest BCUT2D eigenvalue weighted by molar-refractivity contribution is -0.139. The molecule has 6 heteroatoms. The van der Waals surface area contributed by atoms with Crippen molar-refractivity contribution in [2.75, 3.05) is 5.75 Å². The largest absolute Gasteiger partial charge is 0.481 e. The number of aliphatic carboxylic acids is 1. The Hall–Kier alpha value is -1.04. The van der Waals surface area contributed by atoms with Gasteiger partial charge in [-0.2, -0.15) is 0 Å². The van der Waals surface area contributed by atoms with Crippen LogP contribution in [-0.4, -0.2) is 27.0 Å². The van der Waals surface area contributed by atoms with E-state index in [2.05, 4.69) is 10.2 Å². The van der Waals surface area contributed by atoms with Gasteiger partial charge in [0.1, 0.15) is 0 Å². The maximum atomic E-state index is 10.8. The monoisotopic (exact) mass is 284 g/mol. The molecule has 106 valence electrons. The second-order valence-electron chi connectivity index (χ2n) is 5.80. The summed E-state index contributed by atoms with van der Waals surface area (Å²) in [5.41, 5.74) is -0.366. The first-order valence-electron chi connectivity index (χ1n) is 6.62. The van der Waals surface area contributed by atoms with E-state index in [9.17, 15) is 4.79 Å². The van der Waals surface area contributed by atoms with Crippen molar-refractivity contribution >= 4 is 17.7 Å². The molecule has 1 saturated heterocycles. The summed E-state index contributed by atoms with van der Waals surface area (Å²) < 4.78 is 5.70. The van der Waals surface area contributed by atoms with Crippen LogP contribution in [0.3, 0.4) is 0 Å². The number of hydrogen-bond donors (Lipinski definition) is 1. The fourth-order valence-corrected chi connectivity index (χ4v) is 3.51. The third kappa shape index (κ3) is 4.23. The van der Waals surface area contributed by atoms with E-state index in [-0.39, 0.29) is 11.8 Å². The molecule has 19 heavy (non-hydrogen) atoms. The van der Waals surface area contributed by atoms with E-state index < -0.39 is 5.97 Å². The molecule has 0 spiro atoms. The third-order valence-corrected chi connectivity index (χ3v) is 4.56. The summed E-state index contributed by atoms with van der Waals surface area (Å²) >= 11 is 1.87. The predicted molar refractivity (Wildman–Crippen MR) is 73.1 cm³/mol. The molecule has 2 rings (SSSR count). The van der Waals surface area contributed by atoms with Gasteiger partial charge in [-0.3, -0.25) is 4.79 Å². The Morgan fingerprint density at radius 2 is 2.26 bits per heavy atom. The fraction of sp³-hybridized carbons (Fsp3) is 0.769. The fourth-order valence-electron chi connectivity index (χ4n) is 2.28. The molecule has 5 nitrogen and oxygen atoms in total. The van der Waals surface area contributed by atoms with Crippen LogP contribution in [-0.2, 0) is 11.2 Å². The lowest BCUT2D eigenvalue weighted by Crippen LogP contribution is -2.19. The zero-order valence-corrected chi connectivity index (χ0v) is 12.2. The minimum absolute atomic E-state index is 0.100. The van der Waals surface area contributed by atoms with Gasteiger partial charge >= 0.3 is 5.97 Å². The second kappa shape index (κ2) is 5.94. The van der Waals surface area contributed by atoms with Gasteiger partial charge in [0.25, 0.3) is 0 Å². The first-order chi connectivity index (χ1) is 8.96. The van der Waals surface area contributed by atoms with Gasteiger partial charge in [0.05, 0.1) is 11.7 Å². The van der Waals surface area contributed by atoms with E-state index in [0.717, 1.165) is 12.2 Å². The Labute approximate surface area is 117 Å². The lowest BCUT2D eigenvalue weighted by Gasteiger charge is -2.20. The Bertz CT molecular complexity index is 439. The Morgan fingerprint density at radius 1 is 1.47 bits per heavy atom. The van der Waals surface area contributed by atoms with Gasteiger partial charge in [-0.05, 0) is 24.0 Å². The van der Waals surface area contributed by atoms with Crippen molar-refractivity contribution in [3.05, 3.63) is 11.8 Å². The van der Waals surface area contributed by atoms with Gasteiger partial charge < -0.3 is 9.52 Å². The van der Waals surface area contributed by atoms with Crippen LogP contribution in [0, 0.1) is 5.41 Å². The molecule has 1 atom stereocenters. The number of aromatic nitrogens is 2. The molecule has 1 fully saturated rings. The highest BCUT2D eigenvalue weighted by Crippen LogP contribution is 2.38. The summed E-state index contributed by atoms with van der Waals surface area (Å²) in [6, 6.07) is 0. The minimum atomic E-state index is -0.799. The Morgan fingerprint density at radius 3 is 2.89 bits per heavy atom. The molecule has 0 bridgehead atoms. The molecule has 1 unspecified atom stereocenters. The van der Waals surface area contributed by atoms with Crippen LogP contribution < -0.4 is 0 Å². The summed E-state index contributed by atoms with van der Waals surface area (Å²) in [7, 11) is 0. The number of thioether (sulfide) groups is 1. The smallest absolute Gasteiger partial charge is 0.303 e. The van der Waals surface area contributed by atoms with E-state index in [0.29, 0.717) is 23.5 Å². The van der Waals surface area contributed by atoms with Gasteiger partial charge in [-0.1, -0.05) is 20.3 Å². The normalized spacial score (nSPS) is 20.4. The highest BCUT2D eigenvalue weighted by molar-refractivity contribution is 7.99. The molecule has 1 N–H and O–H groups in total. The molecule has 0 saturated carbocycles. The second-order valence-corrected chi connectivity index (χ2v) is 7.11. The summed E-state index contributed by atoms with van der Waals surface area (Å²) in [6.07, 6.45) is 4.16. The first kappa shape index (κ1) is 14.4. The van der Waals surface area contributed by atoms with Crippen molar-refractivity contribution in [3.63, 3.8) is 0 Å². The zero-order chi connectivity index (χ0) is 13.9. The molecule has 0 radical (unpaired) electrons. The van der Waals surface area contributed by atoms with Crippen LogP contribution in [0.25, 0.3) is 0 Å². The molecule has 0 aromatic carbocycles. The highest BCUT2D eigenvalue weighted by atomic mass is 32.2. The van der Waals surface area contributed by atoms with Crippen LogP contribution in [0.5, 0.6) is 0 Å². The SMILES string of the molecule is CC(C)(CC(=O)O)Cc1nnc(C2CCCCS2)o1.